The van der Waals surface area contributed by atoms with Gasteiger partial charge in [-0.3, -0.25) is 9.36 Å². The van der Waals surface area contributed by atoms with Crippen LogP contribution in [0.4, 0.5) is 4.39 Å². The predicted molar refractivity (Wildman–Crippen MR) is 110 cm³/mol. The maximum Gasteiger partial charge on any atom is 0.285 e. The molecule has 9 heteroatoms. The second-order valence-electron chi connectivity index (χ2n) is 7.17. The minimum absolute atomic E-state index is 0.157. The summed E-state index contributed by atoms with van der Waals surface area (Å²) in [6.07, 6.45) is 1.66. The van der Waals surface area contributed by atoms with Gasteiger partial charge >= 0.3 is 0 Å². The predicted octanol–water partition coefficient (Wildman–Crippen LogP) is 3.27. The van der Waals surface area contributed by atoms with Crippen molar-refractivity contribution in [3.8, 4) is 28.3 Å². The van der Waals surface area contributed by atoms with Crippen LogP contribution in [0.25, 0.3) is 33.5 Å². The molecule has 6 rings (SSSR count). The number of halogens is 1. The number of fused-ring (bicyclic) bond motifs is 4. The van der Waals surface area contributed by atoms with Crippen molar-refractivity contribution in [3.63, 3.8) is 0 Å². The minimum atomic E-state index is -0.331. The van der Waals surface area contributed by atoms with E-state index >= 15 is 0 Å². The Labute approximate surface area is 174 Å². The molecule has 0 aliphatic carbocycles. The Bertz CT molecular complexity index is 1560. The largest absolute Gasteiger partial charge is 0.454 e. The van der Waals surface area contributed by atoms with Gasteiger partial charge in [0.15, 0.2) is 22.7 Å². The molecular formula is C22H14FN5O3. The molecule has 0 radical (unpaired) electrons. The quantitative estimate of drug-likeness (QED) is 0.440. The Balaban J connectivity index is 1.55. The van der Waals surface area contributed by atoms with Crippen molar-refractivity contribution >= 4 is 16.7 Å². The van der Waals surface area contributed by atoms with Crippen LogP contribution < -0.4 is 15.0 Å². The van der Waals surface area contributed by atoms with Crippen molar-refractivity contribution in [2.45, 2.75) is 6.92 Å². The number of aromatic nitrogens is 5. The summed E-state index contributed by atoms with van der Waals surface area (Å²) in [6.45, 7) is 2.00. The first-order chi connectivity index (χ1) is 15.1. The van der Waals surface area contributed by atoms with Crippen molar-refractivity contribution in [1.29, 1.82) is 0 Å². The average molecular weight is 415 g/mol. The zero-order valence-electron chi connectivity index (χ0n) is 16.2. The highest BCUT2D eigenvalue weighted by molar-refractivity contribution is 5.84. The summed E-state index contributed by atoms with van der Waals surface area (Å²) < 4.78 is 27.2. The molecule has 0 bridgehead atoms. The Morgan fingerprint density at radius 2 is 1.81 bits per heavy atom. The Hall–Kier alpha value is -4.27. The van der Waals surface area contributed by atoms with E-state index in [0.717, 1.165) is 11.1 Å². The van der Waals surface area contributed by atoms with Gasteiger partial charge in [0, 0.05) is 12.3 Å². The molecule has 0 amide bonds. The van der Waals surface area contributed by atoms with Crippen molar-refractivity contribution in [1.82, 2.24) is 24.4 Å². The first-order valence-electron chi connectivity index (χ1n) is 9.53. The zero-order chi connectivity index (χ0) is 21.1. The lowest BCUT2D eigenvalue weighted by Gasteiger charge is -2.08. The van der Waals surface area contributed by atoms with Gasteiger partial charge in [-0.1, -0.05) is 12.1 Å². The monoisotopic (exact) mass is 415 g/mol. The normalized spacial score (nSPS) is 12.7. The summed E-state index contributed by atoms with van der Waals surface area (Å²) in [5.74, 6) is 0.899. The van der Waals surface area contributed by atoms with E-state index in [2.05, 4.69) is 15.3 Å². The fourth-order valence-corrected chi connectivity index (χ4v) is 3.85. The number of rotatable bonds is 2. The smallest absolute Gasteiger partial charge is 0.285 e. The molecule has 0 N–H and O–H groups in total. The first kappa shape index (κ1) is 17.6. The van der Waals surface area contributed by atoms with Crippen molar-refractivity contribution < 1.29 is 13.9 Å². The molecule has 152 valence electrons. The SMILES string of the molecule is Cc1nn2c(nnc3c(=O)n(-c4ccc5c(c4)OCO5)ccc32)c1-c1ccc(F)cc1. The second-order valence-corrected chi connectivity index (χ2v) is 7.17. The summed E-state index contributed by atoms with van der Waals surface area (Å²) in [4.78, 5) is 13.2. The molecule has 0 fully saturated rings. The molecular weight excluding hydrogens is 401 g/mol. The van der Waals surface area contributed by atoms with Gasteiger partial charge in [0.05, 0.1) is 16.9 Å². The van der Waals surface area contributed by atoms with Crippen LogP contribution in [0.2, 0.25) is 0 Å². The van der Waals surface area contributed by atoms with Gasteiger partial charge in [-0.25, -0.2) is 8.91 Å². The van der Waals surface area contributed by atoms with E-state index in [1.807, 2.05) is 6.92 Å². The lowest BCUT2D eigenvalue weighted by atomic mass is 10.1. The lowest BCUT2D eigenvalue weighted by molar-refractivity contribution is 0.174. The van der Waals surface area contributed by atoms with E-state index in [4.69, 9.17) is 9.47 Å². The maximum atomic E-state index is 13.3. The second kappa shape index (κ2) is 6.36. The summed E-state index contributed by atoms with van der Waals surface area (Å²) in [7, 11) is 0. The van der Waals surface area contributed by atoms with Crippen LogP contribution in [-0.2, 0) is 0 Å². The van der Waals surface area contributed by atoms with Crippen LogP contribution in [0.15, 0.2) is 59.5 Å². The number of nitrogens with zero attached hydrogens (tertiary/aromatic N) is 5. The van der Waals surface area contributed by atoms with Crippen LogP contribution in [0.5, 0.6) is 11.5 Å². The van der Waals surface area contributed by atoms with E-state index in [1.165, 1.54) is 16.7 Å². The number of hydrogen-bond acceptors (Lipinski definition) is 6. The molecule has 0 saturated heterocycles. The van der Waals surface area contributed by atoms with Gasteiger partial charge in [-0.05, 0) is 42.8 Å². The van der Waals surface area contributed by atoms with Crippen LogP contribution in [-0.4, -0.2) is 31.2 Å². The highest BCUT2D eigenvalue weighted by atomic mass is 19.1. The van der Waals surface area contributed by atoms with Crippen LogP contribution in [0.1, 0.15) is 5.69 Å². The number of aryl methyl sites for hydroxylation is 1. The highest BCUT2D eigenvalue weighted by Gasteiger charge is 2.19. The number of ether oxygens (including phenoxy) is 2. The van der Waals surface area contributed by atoms with Gasteiger partial charge in [0.1, 0.15) is 11.3 Å². The van der Waals surface area contributed by atoms with Gasteiger partial charge in [0.25, 0.3) is 5.56 Å². The van der Waals surface area contributed by atoms with E-state index < -0.39 is 0 Å². The standard InChI is InChI=1S/C22H14FN5O3/c1-12-19(13-2-4-14(23)5-3-13)21-25-24-20-16(28(21)26-12)8-9-27(22(20)29)15-6-7-17-18(10-15)31-11-30-17/h2-10H,11H2,1H3. The van der Waals surface area contributed by atoms with Crippen LogP contribution in [0, 0.1) is 12.7 Å². The van der Waals surface area contributed by atoms with Gasteiger partial charge in [-0.2, -0.15) is 5.10 Å². The summed E-state index contributed by atoms with van der Waals surface area (Å²) >= 11 is 0. The molecule has 0 atom stereocenters. The summed E-state index contributed by atoms with van der Waals surface area (Å²) in [6, 6.07) is 13.2. The number of hydrogen-bond donors (Lipinski definition) is 0. The molecule has 1 aliphatic heterocycles. The maximum absolute atomic E-state index is 13.3. The third-order valence-corrected chi connectivity index (χ3v) is 5.32. The average Bonchev–Trinajstić information content (AvgIpc) is 3.38. The molecule has 1 aliphatic rings. The van der Waals surface area contributed by atoms with Crippen molar-refractivity contribution in [2.24, 2.45) is 0 Å². The van der Waals surface area contributed by atoms with Gasteiger partial charge < -0.3 is 9.47 Å². The molecule has 0 unspecified atom stereocenters. The van der Waals surface area contributed by atoms with Crippen LogP contribution in [0.3, 0.4) is 0 Å². The van der Waals surface area contributed by atoms with E-state index in [1.54, 1.807) is 47.1 Å². The summed E-state index contributed by atoms with van der Waals surface area (Å²) in [5.41, 5.74) is 3.73. The van der Waals surface area contributed by atoms with Gasteiger partial charge in [-0.15, -0.1) is 10.2 Å². The zero-order valence-corrected chi connectivity index (χ0v) is 16.2. The van der Waals surface area contributed by atoms with Crippen LogP contribution >= 0.6 is 0 Å². The minimum Gasteiger partial charge on any atom is -0.454 e. The number of pyridine rings is 1. The molecule has 2 aromatic carbocycles. The van der Waals surface area contributed by atoms with Crippen molar-refractivity contribution in [2.75, 3.05) is 6.79 Å². The van der Waals surface area contributed by atoms with E-state index in [0.29, 0.717) is 34.0 Å². The molecule has 0 spiro atoms. The first-order valence-corrected chi connectivity index (χ1v) is 9.53. The van der Waals surface area contributed by atoms with E-state index in [9.17, 15) is 9.18 Å². The lowest BCUT2D eigenvalue weighted by Crippen LogP contribution is -2.20. The fourth-order valence-electron chi connectivity index (χ4n) is 3.85. The highest BCUT2D eigenvalue weighted by Crippen LogP contribution is 2.33. The molecule has 0 saturated carbocycles. The molecule has 4 heterocycles. The topological polar surface area (TPSA) is 83.5 Å². The molecule has 8 nitrogen and oxygen atoms in total. The van der Waals surface area contributed by atoms with E-state index in [-0.39, 0.29) is 23.7 Å². The summed E-state index contributed by atoms with van der Waals surface area (Å²) in [5, 5.41) is 13.1. The Morgan fingerprint density at radius 3 is 2.65 bits per heavy atom. The van der Waals surface area contributed by atoms with Gasteiger partial charge in [0.2, 0.25) is 6.79 Å². The molecule has 31 heavy (non-hydrogen) atoms. The number of benzene rings is 2. The third-order valence-electron chi connectivity index (χ3n) is 5.32. The Morgan fingerprint density at radius 1 is 1.00 bits per heavy atom. The molecule has 5 aromatic rings. The Kier molecular flexibility index (Phi) is 3.61. The third kappa shape index (κ3) is 2.59. The fraction of sp³-hybridized carbons (Fsp3) is 0.0909. The molecule has 3 aromatic heterocycles. The van der Waals surface area contributed by atoms with Crippen molar-refractivity contribution in [3.05, 3.63) is 76.6 Å².